The maximum atomic E-state index is 13.8. The fourth-order valence-corrected chi connectivity index (χ4v) is 4.33. The van der Waals surface area contributed by atoms with E-state index in [1.165, 1.54) is 30.5 Å². The third kappa shape index (κ3) is 5.08. The van der Waals surface area contributed by atoms with Crippen molar-refractivity contribution in [1.29, 1.82) is 10.5 Å². The number of aromatic amines is 1. The molecule has 0 aliphatic carbocycles. The smallest absolute Gasteiger partial charge is 0.291 e. The highest BCUT2D eigenvalue weighted by Crippen LogP contribution is 2.33. The molecule has 0 saturated heterocycles. The Bertz CT molecular complexity index is 2010. The number of benzene rings is 3. The third-order valence-electron chi connectivity index (χ3n) is 6.13. The van der Waals surface area contributed by atoms with Gasteiger partial charge in [-0.2, -0.15) is 20.3 Å². The van der Waals surface area contributed by atoms with E-state index in [0.717, 1.165) is 10.2 Å². The lowest BCUT2D eigenvalue weighted by atomic mass is 9.96. The quantitative estimate of drug-likeness (QED) is 0.158. The van der Waals surface area contributed by atoms with Crippen LogP contribution in [0.3, 0.4) is 0 Å². The maximum Gasteiger partial charge on any atom is 0.291 e. The molecule has 0 spiro atoms. The van der Waals surface area contributed by atoms with E-state index in [0.29, 0.717) is 21.9 Å². The van der Waals surface area contributed by atoms with E-state index in [9.17, 15) is 25.4 Å². The fourth-order valence-electron chi connectivity index (χ4n) is 4.14. The zero-order chi connectivity index (χ0) is 29.1. The van der Waals surface area contributed by atoms with E-state index in [2.05, 4.69) is 20.1 Å². The number of H-pyrrole nitrogens is 1. The molecule has 12 heteroatoms. The predicted octanol–water partition coefficient (Wildman–Crippen LogP) is 5.72. The van der Waals surface area contributed by atoms with Crippen LogP contribution in [0.25, 0.3) is 22.2 Å². The minimum absolute atomic E-state index is 0.0194. The summed E-state index contributed by atoms with van der Waals surface area (Å²) in [7, 11) is 0. The molecule has 11 nitrogen and oxygen atoms in total. The molecule has 0 fully saturated rings. The number of nitro benzene ring substituents is 1. The Balaban J connectivity index is 1.80. The summed E-state index contributed by atoms with van der Waals surface area (Å²) in [5.74, 6) is 0.204. The van der Waals surface area contributed by atoms with E-state index >= 15 is 0 Å². The number of rotatable bonds is 6. The van der Waals surface area contributed by atoms with Crippen LogP contribution >= 0.6 is 11.6 Å². The molecular weight excluding hydrogens is 544 g/mol. The topological polar surface area (TPSA) is 166 Å². The molecule has 0 aliphatic rings. The lowest BCUT2D eigenvalue weighted by molar-refractivity contribution is -0.384. The second-order valence-corrected chi connectivity index (χ2v) is 9.07. The minimum atomic E-state index is -0.846. The molecule has 5 aromatic rings. The van der Waals surface area contributed by atoms with Gasteiger partial charge in [0.2, 0.25) is 0 Å². The van der Waals surface area contributed by atoms with Gasteiger partial charge in [-0.15, -0.1) is 0 Å². The summed E-state index contributed by atoms with van der Waals surface area (Å²) in [5, 5.41) is 36.3. The van der Waals surface area contributed by atoms with Crippen molar-refractivity contribution in [2.75, 3.05) is 0 Å². The minimum Gasteiger partial charge on any atom is -0.337 e. The molecule has 3 aromatic carbocycles. The van der Waals surface area contributed by atoms with Crippen LogP contribution < -0.4 is 5.56 Å². The van der Waals surface area contributed by atoms with Crippen molar-refractivity contribution in [3.63, 3.8) is 0 Å². The predicted molar refractivity (Wildman–Crippen MR) is 155 cm³/mol. The van der Waals surface area contributed by atoms with Gasteiger partial charge in [0.25, 0.3) is 11.2 Å². The SMILES string of the molecule is C/C(=N\n1c(/N=C/c2ccccc2Cl)c(C#N)c(-c2ccc([N+](=O)[O-])cc2)c(C#N)c1=O)c1nc2ccccc2[nH]1. The number of pyridine rings is 1. The Labute approximate surface area is 237 Å². The van der Waals surface area contributed by atoms with Crippen LogP contribution in [0.5, 0.6) is 0 Å². The number of imidazole rings is 1. The second-order valence-electron chi connectivity index (χ2n) is 8.66. The van der Waals surface area contributed by atoms with Crippen LogP contribution in [0.2, 0.25) is 5.02 Å². The molecule has 41 heavy (non-hydrogen) atoms. The van der Waals surface area contributed by atoms with Gasteiger partial charge in [0.05, 0.1) is 16.0 Å². The van der Waals surface area contributed by atoms with Gasteiger partial charge < -0.3 is 4.98 Å². The summed E-state index contributed by atoms with van der Waals surface area (Å²) in [6.07, 6.45) is 1.38. The third-order valence-corrected chi connectivity index (χ3v) is 6.48. The summed E-state index contributed by atoms with van der Waals surface area (Å²) in [6, 6.07) is 23.3. The largest absolute Gasteiger partial charge is 0.337 e. The Morgan fingerprint density at radius 3 is 2.39 bits per heavy atom. The highest BCUT2D eigenvalue weighted by Gasteiger charge is 2.24. The number of hydrogen-bond acceptors (Lipinski definition) is 8. The molecule has 0 radical (unpaired) electrons. The molecule has 2 heterocycles. The Morgan fingerprint density at radius 1 is 1.05 bits per heavy atom. The number of nitro groups is 1. The number of non-ortho nitro benzene ring substituents is 1. The van der Waals surface area contributed by atoms with E-state index in [-0.39, 0.29) is 39.5 Å². The van der Waals surface area contributed by atoms with Gasteiger partial charge in [0, 0.05) is 34.5 Å². The van der Waals surface area contributed by atoms with Gasteiger partial charge in [-0.1, -0.05) is 41.9 Å². The zero-order valence-corrected chi connectivity index (χ0v) is 22.0. The summed E-state index contributed by atoms with van der Waals surface area (Å²) < 4.78 is 0.877. The molecule has 0 saturated carbocycles. The van der Waals surface area contributed by atoms with Crippen LogP contribution in [0.1, 0.15) is 29.4 Å². The second kappa shape index (κ2) is 11.1. The molecule has 0 bridgehead atoms. The molecule has 0 aliphatic heterocycles. The molecule has 2 aromatic heterocycles. The van der Waals surface area contributed by atoms with Crippen LogP contribution in [-0.2, 0) is 0 Å². The standard InChI is InChI=1S/C29H17ClN8O3/c1-17(27-34-24-8-4-5-9-25(24)35-27)36-37-28(33-16-19-6-2-3-7-23(19)30)21(14-31)26(22(15-32)29(37)39)18-10-12-20(13-11-18)38(40)41/h2-13,16H,1H3,(H,34,35)/b33-16+,36-17+. The Hall–Kier alpha value is -5.91. The summed E-state index contributed by atoms with van der Waals surface area (Å²) in [4.78, 5) is 36.4. The molecule has 5 rings (SSSR count). The Morgan fingerprint density at radius 2 is 1.73 bits per heavy atom. The van der Waals surface area contributed by atoms with Crippen LogP contribution in [0, 0.1) is 32.8 Å². The zero-order valence-electron chi connectivity index (χ0n) is 21.2. The fraction of sp³-hybridized carbons (Fsp3) is 0.0345. The van der Waals surface area contributed by atoms with Crippen molar-refractivity contribution in [2.24, 2.45) is 10.1 Å². The van der Waals surface area contributed by atoms with Crippen molar-refractivity contribution in [3.8, 4) is 23.3 Å². The maximum absolute atomic E-state index is 13.8. The molecule has 0 unspecified atom stereocenters. The van der Waals surface area contributed by atoms with E-state index in [4.69, 9.17) is 11.6 Å². The van der Waals surface area contributed by atoms with Gasteiger partial charge in [-0.3, -0.25) is 14.9 Å². The first kappa shape index (κ1) is 26.7. The van der Waals surface area contributed by atoms with Crippen molar-refractivity contribution in [2.45, 2.75) is 6.92 Å². The first-order chi connectivity index (χ1) is 19.8. The highest BCUT2D eigenvalue weighted by atomic mass is 35.5. The number of halogens is 1. The lowest BCUT2D eigenvalue weighted by Crippen LogP contribution is -2.23. The lowest BCUT2D eigenvalue weighted by Gasteiger charge is -2.13. The number of para-hydroxylation sites is 2. The number of aliphatic imine (C=N–C) groups is 1. The molecule has 0 amide bonds. The van der Waals surface area contributed by atoms with E-state index in [1.54, 1.807) is 31.2 Å². The van der Waals surface area contributed by atoms with Gasteiger partial charge in [-0.25, -0.2) is 9.98 Å². The van der Waals surface area contributed by atoms with Crippen molar-refractivity contribution >= 4 is 46.1 Å². The number of nitrogens with zero attached hydrogens (tertiary/aromatic N) is 7. The molecule has 198 valence electrons. The number of hydrogen-bond donors (Lipinski definition) is 1. The van der Waals surface area contributed by atoms with Crippen molar-refractivity contribution < 1.29 is 4.92 Å². The first-order valence-electron chi connectivity index (χ1n) is 12.0. The summed E-state index contributed by atoms with van der Waals surface area (Å²) in [6.45, 7) is 1.62. The van der Waals surface area contributed by atoms with Crippen LogP contribution in [-0.4, -0.2) is 31.5 Å². The summed E-state index contributed by atoms with van der Waals surface area (Å²) in [5.41, 5.74) is 0.908. The molecular formula is C29H17ClN8O3. The van der Waals surface area contributed by atoms with Gasteiger partial charge in [0.1, 0.15) is 29.0 Å². The number of fused-ring (bicyclic) bond motifs is 1. The highest BCUT2D eigenvalue weighted by molar-refractivity contribution is 6.33. The van der Waals surface area contributed by atoms with Crippen LogP contribution in [0.15, 0.2) is 87.7 Å². The average Bonchev–Trinajstić information content (AvgIpc) is 3.42. The normalized spacial score (nSPS) is 11.5. The van der Waals surface area contributed by atoms with E-state index < -0.39 is 10.5 Å². The van der Waals surface area contributed by atoms with Crippen molar-refractivity contribution in [1.82, 2.24) is 14.6 Å². The Kier molecular flexibility index (Phi) is 7.20. The number of nitriles is 2. The van der Waals surface area contributed by atoms with Crippen LogP contribution in [0.4, 0.5) is 11.5 Å². The monoisotopic (exact) mass is 560 g/mol. The number of aromatic nitrogens is 3. The average molecular weight is 561 g/mol. The van der Waals surface area contributed by atoms with E-state index in [1.807, 2.05) is 36.4 Å². The summed E-state index contributed by atoms with van der Waals surface area (Å²) >= 11 is 6.29. The van der Waals surface area contributed by atoms with Crippen molar-refractivity contribution in [3.05, 3.63) is 121 Å². The first-order valence-corrected chi connectivity index (χ1v) is 12.4. The number of nitrogens with one attached hydrogen (secondary N) is 1. The molecule has 1 N–H and O–H groups in total. The molecule has 0 atom stereocenters. The van der Waals surface area contributed by atoms with Gasteiger partial charge >= 0.3 is 0 Å². The van der Waals surface area contributed by atoms with Gasteiger partial charge in [0.15, 0.2) is 11.6 Å². The van der Waals surface area contributed by atoms with Gasteiger partial charge in [-0.05, 0) is 42.8 Å².